The van der Waals surface area contributed by atoms with Crippen LogP contribution in [0.25, 0.3) is 11.3 Å². The molecule has 0 amide bonds. The van der Waals surface area contributed by atoms with Crippen molar-refractivity contribution in [3.05, 3.63) is 77.1 Å². The van der Waals surface area contributed by atoms with E-state index in [9.17, 15) is 4.79 Å². The van der Waals surface area contributed by atoms with Gasteiger partial charge in [-0.1, -0.05) is 54.6 Å². The van der Waals surface area contributed by atoms with Crippen LogP contribution in [0, 0.1) is 0 Å². The molecule has 0 aromatic rings. The number of fused-ring (bicyclic) bond motifs is 1. The van der Waals surface area contributed by atoms with E-state index < -0.39 is 0 Å². The first-order valence-corrected chi connectivity index (χ1v) is 5.06. The summed E-state index contributed by atoms with van der Waals surface area (Å²) in [6.45, 7) is 0. The lowest BCUT2D eigenvalue weighted by Gasteiger charge is -1.99. The molecule has 1 heterocycles. The summed E-state index contributed by atoms with van der Waals surface area (Å²) in [6.07, 6.45) is 0. The van der Waals surface area contributed by atoms with E-state index >= 15 is 0 Å². The Bertz CT molecular complexity index is 564. The van der Waals surface area contributed by atoms with Crippen LogP contribution in [-0.4, -0.2) is 4.98 Å². The predicted octanol–water partition coefficient (Wildman–Crippen LogP) is 2.67. The van der Waals surface area contributed by atoms with E-state index in [4.69, 9.17) is 0 Å². The molecule has 2 aliphatic rings. The zero-order valence-corrected chi connectivity index (χ0v) is 8.71. The third-order valence-electron chi connectivity index (χ3n) is 2.13. The molecule has 1 aliphatic carbocycles. The Morgan fingerprint density at radius 1 is 0.688 bits per heavy atom. The molecule has 2 nitrogen and oxygen atoms in total. The zero-order valence-electron chi connectivity index (χ0n) is 8.71. The molecule has 1 aliphatic heterocycles. The number of rotatable bonds is 0. The molecular formula is C14H11NO. The molecule has 2 rings (SSSR count). The first kappa shape index (κ1) is 10.3. The molecular weight excluding hydrogens is 198 g/mol. The van der Waals surface area contributed by atoms with Gasteiger partial charge in [-0.3, -0.25) is 4.79 Å². The van der Waals surface area contributed by atoms with Crippen LogP contribution in [0.4, 0.5) is 0 Å². The molecule has 0 radical (unpaired) electrons. The summed E-state index contributed by atoms with van der Waals surface area (Å²) in [5, 5.41) is 0. The molecule has 78 valence electrons. The molecule has 0 fully saturated rings. The predicted molar refractivity (Wildman–Crippen MR) is 64.8 cm³/mol. The Labute approximate surface area is 93.9 Å². The van der Waals surface area contributed by atoms with Gasteiger partial charge >= 0.3 is 0 Å². The molecule has 0 atom stereocenters. The van der Waals surface area contributed by atoms with Crippen molar-refractivity contribution in [3.63, 3.8) is 0 Å². The Kier molecular flexibility index (Phi) is 3.24. The molecule has 0 spiro atoms. The van der Waals surface area contributed by atoms with E-state index in [1.165, 1.54) is 0 Å². The first-order chi connectivity index (χ1) is 7.88. The molecule has 0 aromatic carbocycles. The first-order valence-electron chi connectivity index (χ1n) is 5.06. The van der Waals surface area contributed by atoms with E-state index in [-0.39, 0.29) is 5.56 Å². The van der Waals surface area contributed by atoms with Gasteiger partial charge in [-0.2, -0.15) is 0 Å². The molecule has 0 N–H and O–H groups in total. The van der Waals surface area contributed by atoms with Crippen LogP contribution in [0.3, 0.4) is 0 Å². The molecule has 2 heteroatoms. The second-order valence-corrected chi connectivity index (χ2v) is 3.28. The second-order valence-electron chi connectivity index (χ2n) is 3.28. The SMILES string of the molecule is O=c1nc2cccccccccccc1-2. The average Bonchev–Trinajstić information content (AvgIpc) is 2.29. The van der Waals surface area contributed by atoms with Gasteiger partial charge in [-0.25, -0.2) is 4.98 Å². The van der Waals surface area contributed by atoms with Crippen molar-refractivity contribution in [2.75, 3.05) is 0 Å². The average molecular weight is 209 g/mol. The van der Waals surface area contributed by atoms with Gasteiger partial charge in [-0.05, 0) is 12.1 Å². The van der Waals surface area contributed by atoms with Gasteiger partial charge in [0.15, 0.2) is 0 Å². The highest BCUT2D eigenvalue weighted by Crippen LogP contribution is 2.11. The largest absolute Gasteiger partial charge is 0.279 e. The third kappa shape index (κ3) is 2.42. The van der Waals surface area contributed by atoms with E-state index in [1.54, 1.807) is 6.07 Å². The monoisotopic (exact) mass is 209 g/mol. The fourth-order valence-electron chi connectivity index (χ4n) is 1.32. The van der Waals surface area contributed by atoms with Gasteiger partial charge in [0.05, 0.1) is 11.3 Å². The highest BCUT2D eigenvalue weighted by molar-refractivity contribution is 5.61. The maximum atomic E-state index is 11.2. The second kappa shape index (κ2) is 5.03. The Morgan fingerprint density at radius 3 is 1.75 bits per heavy atom. The van der Waals surface area contributed by atoms with Crippen molar-refractivity contribution in [2.45, 2.75) is 0 Å². The Hall–Kier alpha value is -2.22. The summed E-state index contributed by atoms with van der Waals surface area (Å²) in [4.78, 5) is 15.0. The molecule has 0 saturated heterocycles. The van der Waals surface area contributed by atoms with Crippen molar-refractivity contribution in [1.29, 1.82) is 0 Å². The molecule has 0 aromatic heterocycles. The van der Waals surface area contributed by atoms with Gasteiger partial charge in [0.1, 0.15) is 0 Å². The molecule has 0 bridgehead atoms. The number of aromatic nitrogens is 1. The summed E-state index contributed by atoms with van der Waals surface area (Å²) in [5.74, 6) is 0. The minimum absolute atomic E-state index is 0.148. The summed E-state index contributed by atoms with van der Waals surface area (Å²) in [7, 11) is 0. The van der Waals surface area contributed by atoms with Crippen molar-refractivity contribution < 1.29 is 0 Å². The van der Waals surface area contributed by atoms with Crippen molar-refractivity contribution in [1.82, 2.24) is 4.98 Å². The van der Waals surface area contributed by atoms with Crippen molar-refractivity contribution in [2.24, 2.45) is 0 Å². The van der Waals surface area contributed by atoms with Crippen LogP contribution in [0.1, 0.15) is 0 Å². The number of hydrogen-bond acceptors (Lipinski definition) is 2. The lowest BCUT2D eigenvalue weighted by atomic mass is 10.1. The standard InChI is InChI=1S/C14H11NO/c16-14-12-10-8-6-4-2-1-3-5-7-9-11-13(12)15-14/h1-11H. The van der Waals surface area contributed by atoms with Gasteiger partial charge in [0.2, 0.25) is 0 Å². The van der Waals surface area contributed by atoms with E-state index in [1.807, 2.05) is 60.7 Å². The maximum Gasteiger partial charge on any atom is 0.279 e. The van der Waals surface area contributed by atoms with Crippen LogP contribution >= 0.6 is 0 Å². The normalized spacial score (nSPS) is 9.50. The zero-order chi connectivity index (χ0) is 11.2. The quantitative estimate of drug-likeness (QED) is 0.667. The maximum absolute atomic E-state index is 11.2. The fourth-order valence-corrected chi connectivity index (χ4v) is 1.32. The highest BCUT2D eigenvalue weighted by atomic mass is 16.1. The summed E-state index contributed by atoms with van der Waals surface area (Å²) >= 11 is 0. The molecule has 0 saturated carbocycles. The van der Waals surface area contributed by atoms with Crippen molar-refractivity contribution in [3.8, 4) is 11.3 Å². The highest BCUT2D eigenvalue weighted by Gasteiger charge is 2.08. The lowest BCUT2D eigenvalue weighted by Crippen LogP contribution is -2.16. The van der Waals surface area contributed by atoms with Crippen LogP contribution in [-0.2, 0) is 0 Å². The van der Waals surface area contributed by atoms with Gasteiger partial charge in [-0.15, -0.1) is 0 Å². The van der Waals surface area contributed by atoms with Gasteiger partial charge in [0.25, 0.3) is 5.56 Å². The minimum atomic E-state index is -0.148. The number of nitrogens with zero attached hydrogens (tertiary/aromatic N) is 1. The van der Waals surface area contributed by atoms with Gasteiger partial charge in [0, 0.05) is 0 Å². The molecule has 0 unspecified atom stereocenters. The Balaban J connectivity index is 2.55. The van der Waals surface area contributed by atoms with Crippen molar-refractivity contribution >= 4 is 0 Å². The van der Waals surface area contributed by atoms with Crippen LogP contribution < -0.4 is 5.56 Å². The smallest absolute Gasteiger partial charge is 0.267 e. The summed E-state index contributed by atoms with van der Waals surface area (Å²) in [6, 6.07) is 20.7. The van der Waals surface area contributed by atoms with Crippen LogP contribution in [0.2, 0.25) is 0 Å². The lowest BCUT2D eigenvalue weighted by molar-refractivity contribution is 1.18. The van der Waals surface area contributed by atoms with E-state index in [0.29, 0.717) is 5.56 Å². The minimum Gasteiger partial charge on any atom is -0.267 e. The summed E-state index contributed by atoms with van der Waals surface area (Å²) in [5.41, 5.74) is 1.26. The topological polar surface area (TPSA) is 30.0 Å². The number of hydrogen-bond donors (Lipinski definition) is 0. The fraction of sp³-hybridized carbons (Fsp3) is 0. The van der Waals surface area contributed by atoms with E-state index in [2.05, 4.69) is 4.98 Å². The summed E-state index contributed by atoms with van der Waals surface area (Å²) < 4.78 is 0. The molecule has 16 heavy (non-hydrogen) atoms. The van der Waals surface area contributed by atoms with E-state index in [0.717, 1.165) is 5.69 Å². The van der Waals surface area contributed by atoms with Crippen LogP contribution in [0.15, 0.2) is 71.5 Å². The van der Waals surface area contributed by atoms with Crippen LogP contribution in [0.5, 0.6) is 0 Å². The third-order valence-corrected chi connectivity index (χ3v) is 2.13. The Morgan fingerprint density at radius 2 is 1.19 bits per heavy atom. The van der Waals surface area contributed by atoms with Gasteiger partial charge < -0.3 is 0 Å².